The number of amides is 2. The molecule has 2 N–H and O–H groups in total. The average Bonchev–Trinajstić information content (AvgIpc) is 3.52. The lowest BCUT2D eigenvalue weighted by Crippen LogP contribution is -2.51. The largest absolute Gasteiger partial charge is 0.481 e. The second-order valence-electron chi connectivity index (χ2n) is 13.9. The molecule has 2 heterocycles. The number of carbonyl (C=O) groups excluding carboxylic acids is 2. The number of carboxylic acid groups (broad SMARTS) is 1. The molecule has 0 radical (unpaired) electrons. The first kappa shape index (κ1) is 31.9. The van der Waals surface area contributed by atoms with E-state index in [4.69, 9.17) is 10.1 Å². The first-order valence-electron chi connectivity index (χ1n) is 15.9. The molecule has 0 saturated heterocycles. The molecular weight excluding hydrogens is 570 g/mol. The first-order valence-corrected chi connectivity index (χ1v) is 16.7. The van der Waals surface area contributed by atoms with Crippen LogP contribution in [0.2, 0.25) is 0 Å². The van der Waals surface area contributed by atoms with E-state index in [1.807, 2.05) is 24.3 Å². The number of nitrogens with zero attached hydrogens (tertiary/aromatic N) is 2. The van der Waals surface area contributed by atoms with E-state index in [1.54, 1.807) is 23.5 Å². The number of carbonyl (C=O) groups is 3. The Balaban J connectivity index is 1.51. The normalized spacial score (nSPS) is 21.2. The van der Waals surface area contributed by atoms with Gasteiger partial charge in [-0.05, 0) is 91.0 Å². The molecule has 1 atom stereocenters. The number of thiophene rings is 1. The molecule has 7 nitrogen and oxygen atoms in total. The van der Waals surface area contributed by atoms with E-state index in [2.05, 4.69) is 63.0 Å². The van der Waals surface area contributed by atoms with Gasteiger partial charge in [-0.1, -0.05) is 65.0 Å². The SMILES string of the molecule is CC(C)CC[C@H](c1ccc(C(=O)NCCC(=O)O)cc1)N1C(=O)C(c2cc3ccccc3s2)=NC12CCC(C(C)(C)C)CC2. The van der Waals surface area contributed by atoms with Crippen LogP contribution < -0.4 is 5.32 Å². The van der Waals surface area contributed by atoms with E-state index in [1.165, 1.54) is 0 Å². The van der Waals surface area contributed by atoms with Crippen molar-refractivity contribution in [1.82, 2.24) is 10.2 Å². The highest BCUT2D eigenvalue weighted by Gasteiger charge is 2.52. The quantitative estimate of drug-likeness (QED) is 0.243. The highest BCUT2D eigenvalue weighted by molar-refractivity contribution is 7.21. The van der Waals surface area contributed by atoms with Gasteiger partial charge in [0.1, 0.15) is 11.4 Å². The molecule has 44 heavy (non-hydrogen) atoms. The third kappa shape index (κ3) is 6.75. The molecule has 1 spiro atoms. The zero-order valence-corrected chi connectivity index (χ0v) is 27.4. The fourth-order valence-electron chi connectivity index (χ4n) is 6.78. The monoisotopic (exact) mass is 615 g/mol. The number of hydrogen-bond donors (Lipinski definition) is 2. The first-order chi connectivity index (χ1) is 20.9. The van der Waals surface area contributed by atoms with Gasteiger partial charge in [-0.2, -0.15) is 0 Å². The van der Waals surface area contributed by atoms with Crippen LogP contribution in [0.4, 0.5) is 0 Å². The molecule has 2 aliphatic rings. The van der Waals surface area contributed by atoms with Crippen LogP contribution in [0.15, 0.2) is 59.6 Å². The lowest BCUT2D eigenvalue weighted by molar-refractivity contribution is -0.137. The summed E-state index contributed by atoms with van der Waals surface area (Å²) in [4.78, 5) is 46.6. The fraction of sp³-hybridized carbons (Fsp3) is 0.500. The van der Waals surface area contributed by atoms with E-state index >= 15 is 0 Å². The Morgan fingerprint density at radius 3 is 2.36 bits per heavy atom. The van der Waals surface area contributed by atoms with Crippen LogP contribution in [-0.2, 0) is 9.59 Å². The van der Waals surface area contributed by atoms with Crippen molar-refractivity contribution in [2.75, 3.05) is 6.54 Å². The van der Waals surface area contributed by atoms with Crippen molar-refractivity contribution in [2.24, 2.45) is 22.2 Å². The van der Waals surface area contributed by atoms with Crippen LogP contribution >= 0.6 is 11.3 Å². The third-order valence-electron chi connectivity index (χ3n) is 9.37. The standard InChI is InChI=1S/C36H45N3O4S/c1-23(2)10-15-28(24-11-13-25(14-12-24)33(42)37-21-18-31(40)41)39-34(43)32(30-22-26-8-6-7-9-29(26)44-30)38-36(39)19-16-27(17-20-36)35(3,4)5/h6-9,11-14,22-23,27-28H,10,15-21H2,1-5H3,(H,37,42)(H,40,41)/t27?,28-,36?/m1/s1. The number of aliphatic carboxylic acids is 1. The fourth-order valence-corrected chi connectivity index (χ4v) is 7.82. The summed E-state index contributed by atoms with van der Waals surface area (Å²) >= 11 is 1.63. The van der Waals surface area contributed by atoms with Crippen molar-refractivity contribution in [3.63, 3.8) is 0 Å². The second-order valence-corrected chi connectivity index (χ2v) is 15.0. The highest BCUT2D eigenvalue weighted by Crippen LogP contribution is 2.50. The number of aliphatic imine (C=N–C) groups is 1. The molecule has 1 aromatic heterocycles. The molecule has 1 saturated carbocycles. The molecular formula is C36H45N3O4S. The van der Waals surface area contributed by atoms with Crippen molar-refractivity contribution in [2.45, 2.75) is 91.3 Å². The van der Waals surface area contributed by atoms with Gasteiger partial charge in [-0.15, -0.1) is 11.3 Å². The number of fused-ring (bicyclic) bond motifs is 1. The maximum absolute atomic E-state index is 14.6. The van der Waals surface area contributed by atoms with Crippen LogP contribution in [0.1, 0.15) is 106 Å². The molecule has 3 aromatic rings. The lowest BCUT2D eigenvalue weighted by atomic mass is 9.69. The van der Waals surface area contributed by atoms with Gasteiger partial charge in [0.05, 0.1) is 17.3 Å². The number of benzene rings is 2. The molecule has 0 bridgehead atoms. The van der Waals surface area contributed by atoms with Crippen LogP contribution in [0.3, 0.4) is 0 Å². The minimum atomic E-state index is -0.952. The Hall–Kier alpha value is -3.52. The molecule has 5 rings (SSSR count). The Bertz CT molecular complexity index is 1510. The molecule has 1 fully saturated rings. The Kier molecular flexibility index (Phi) is 9.30. The Morgan fingerprint density at radius 1 is 1.07 bits per heavy atom. The predicted molar refractivity (Wildman–Crippen MR) is 177 cm³/mol. The molecule has 2 amide bonds. The maximum Gasteiger partial charge on any atom is 0.305 e. The molecule has 8 heteroatoms. The third-order valence-corrected chi connectivity index (χ3v) is 10.5. The van der Waals surface area contributed by atoms with Crippen molar-refractivity contribution >= 4 is 44.9 Å². The summed E-state index contributed by atoms with van der Waals surface area (Å²) in [5.41, 5.74) is 1.64. The summed E-state index contributed by atoms with van der Waals surface area (Å²) in [5.74, 6) is -0.227. The molecule has 234 valence electrons. The van der Waals surface area contributed by atoms with Crippen molar-refractivity contribution in [3.05, 3.63) is 70.6 Å². The van der Waals surface area contributed by atoms with Gasteiger partial charge >= 0.3 is 5.97 Å². The van der Waals surface area contributed by atoms with E-state index in [0.717, 1.165) is 59.1 Å². The van der Waals surface area contributed by atoms with Gasteiger partial charge in [-0.25, -0.2) is 4.99 Å². The van der Waals surface area contributed by atoms with Gasteiger partial charge in [0.2, 0.25) is 0 Å². The molecule has 2 aromatic carbocycles. The van der Waals surface area contributed by atoms with Crippen LogP contribution in [0, 0.1) is 17.3 Å². The van der Waals surface area contributed by atoms with Gasteiger partial charge in [0.25, 0.3) is 11.8 Å². The number of nitrogens with one attached hydrogen (secondary N) is 1. The van der Waals surface area contributed by atoms with Crippen LogP contribution in [0.5, 0.6) is 0 Å². The summed E-state index contributed by atoms with van der Waals surface area (Å²) in [7, 11) is 0. The minimum Gasteiger partial charge on any atom is -0.481 e. The lowest BCUT2D eigenvalue weighted by Gasteiger charge is -2.47. The molecule has 1 aliphatic carbocycles. The summed E-state index contributed by atoms with van der Waals surface area (Å²) in [6.07, 6.45) is 5.32. The Labute approximate surface area is 264 Å². The summed E-state index contributed by atoms with van der Waals surface area (Å²) in [6, 6.07) is 17.6. The van der Waals surface area contributed by atoms with Crippen LogP contribution in [0.25, 0.3) is 10.1 Å². The number of carboxylic acids is 1. The topological polar surface area (TPSA) is 99.1 Å². The van der Waals surface area contributed by atoms with E-state index in [9.17, 15) is 14.4 Å². The second kappa shape index (κ2) is 12.8. The van der Waals surface area contributed by atoms with E-state index in [0.29, 0.717) is 23.1 Å². The zero-order valence-electron chi connectivity index (χ0n) is 26.6. The van der Waals surface area contributed by atoms with Gasteiger partial charge in [0, 0.05) is 16.8 Å². The smallest absolute Gasteiger partial charge is 0.305 e. The molecule has 1 aliphatic heterocycles. The highest BCUT2D eigenvalue weighted by atomic mass is 32.1. The number of rotatable bonds is 10. The molecule has 0 unspecified atom stereocenters. The summed E-state index contributed by atoms with van der Waals surface area (Å²) in [5, 5.41) is 12.7. The summed E-state index contributed by atoms with van der Waals surface area (Å²) < 4.78 is 1.15. The van der Waals surface area contributed by atoms with Gasteiger partial charge in [-0.3, -0.25) is 14.4 Å². The zero-order chi connectivity index (χ0) is 31.6. The Morgan fingerprint density at radius 2 is 1.75 bits per heavy atom. The number of hydrogen-bond acceptors (Lipinski definition) is 5. The van der Waals surface area contributed by atoms with Gasteiger partial charge in [0.15, 0.2) is 0 Å². The van der Waals surface area contributed by atoms with Gasteiger partial charge < -0.3 is 15.3 Å². The van der Waals surface area contributed by atoms with E-state index in [-0.39, 0.29) is 36.2 Å². The van der Waals surface area contributed by atoms with Crippen molar-refractivity contribution in [3.8, 4) is 0 Å². The summed E-state index contributed by atoms with van der Waals surface area (Å²) in [6.45, 7) is 11.4. The van der Waals surface area contributed by atoms with Crippen molar-refractivity contribution < 1.29 is 19.5 Å². The van der Waals surface area contributed by atoms with Crippen LogP contribution in [-0.4, -0.2) is 45.7 Å². The van der Waals surface area contributed by atoms with Crippen molar-refractivity contribution in [1.29, 1.82) is 0 Å². The van der Waals surface area contributed by atoms with E-state index < -0.39 is 11.6 Å². The predicted octanol–water partition coefficient (Wildman–Crippen LogP) is 7.85. The minimum absolute atomic E-state index is 0.00462. The average molecular weight is 616 g/mol. The maximum atomic E-state index is 14.6.